The van der Waals surface area contributed by atoms with Crippen molar-refractivity contribution in [1.82, 2.24) is 10.3 Å². The lowest BCUT2D eigenvalue weighted by atomic mass is 10.2. The number of aliphatic hydroxyl groups excluding tert-OH is 1. The van der Waals surface area contributed by atoms with Gasteiger partial charge < -0.3 is 14.8 Å². The smallest absolute Gasteiger partial charge is 0.181 e. The van der Waals surface area contributed by atoms with Crippen LogP contribution in [-0.4, -0.2) is 23.2 Å². The molecule has 86 valence electrons. The topological polar surface area (TPSA) is 58.3 Å². The van der Waals surface area contributed by atoms with Crippen molar-refractivity contribution in [2.24, 2.45) is 0 Å². The Balaban J connectivity index is 1.84. The molecule has 0 saturated heterocycles. The Kier molecular flexibility index (Phi) is 3.91. The third-order valence-electron chi connectivity index (χ3n) is 2.49. The number of hydrogen-bond acceptors (Lipinski definition) is 4. The second-order valence-corrected chi connectivity index (χ2v) is 3.76. The van der Waals surface area contributed by atoms with E-state index in [1.165, 1.54) is 12.0 Å². The standard InChI is InChI=1S/C12H16N2O2/c15-6-2-1-5-13-8-10-3-4-11-12(7-10)16-9-14-11/h3-4,7,9,13,15H,1-2,5-6,8H2. The summed E-state index contributed by atoms with van der Waals surface area (Å²) < 4.78 is 5.23. The molecule has 16 heavy (non-hydrogen) atoms. The van der Waals surface area contributed by atoms with E-state index in [4.69, 9.17) is 9.52 Å². The van der Waals surface area contributed by atoms with Crippen LogP contribution in [0.4, 0.5) is 0 Å². The van der Waals surface area contributed by atoms with Crippen LogP contribution in [0.1, 0.15) is 18.4 Å². The lowest BCUT2D eigenvalue weighted by molar-refractivity contribution is 0.283. The molecule has 0 radical (unpaired) electrons. The summed E-state index contributed by atoms with van der Waals surface area (Å²) in [5.41, 5.74) is 2.91. The highest BCUT2D eigenvalue weighted by Crippen LogP contribution is 2.13. The predicted molar refractivity (Wildman–Crippen MR) is 62.0 cm³/mol. The first-order chi connectivity index (χ1) is 7.90. The molecule has 2 rings (SSSR count). The Labute approximate surface area is 94.3 Å². The molecule has 4 nitrogen and oxygen atoms in total. The second kappa shape index (κ2) is 5.63. The van der Waals surface area contributed by atoms with Gasteiger partial charge in [-0.2, -0.15) is 0 Å². The van der Waals surface area contributed by atoms with Gasteiger partial charge in [0.15, 0.2) is 12.0 Å². The number of aromatic nitrogens is 1. The van der Waals surface area contributed by atoms with Gasteiger partial charge >= 0.3 is 0 Å². The van der Waals surface area contributed by atoms with Gasteiger partial charge in [-0.05, 0) is 37.1 Å². The van der Waals surface area contributed by atoms with E-state index in [1.807, 2.05) is 18.2 Å². The zero-order valence-electron chi connectivity index (χ0n) is 9.15. The van der Waals surface area contributed by atoms with Gasteiger partial charge in [-0.15, -0.1) is 0 Å². The fraction of sp³-hybridized carbons (Fsp3) is 0.417. The van der Waals surface area contributed by atoms with Crippen molar-refractivity contribution in [3.05, 3.63) is 30.2 Å². The molecule has 2 aromatic rings. The van der Waals surface area contributed by atoms with Gasteiger partial charge in [0.05, 0.1) is 0 Å². The molecule has 0 fully saturated rings. The highest BCUT2D eigenvalue weighted by atomic mass is 16.3. The van der Waals surface area contributed by atoms with E-state index in [0.29, 0.717) is 0 Å². The summed E-state index contributed by atoms with van der Waals surface area (Å²) in [5.74, 6) is 0. The molecular formula is C12H16N2O2. The number of aliphatic hydroxyl groups is 1. The molecule has 4 heteroatoms. The second-order valence-electron chi connectivity index (χ2n) is 3.76. The summed E-state index contributed by atoms with van der Waals surface area (Å²) in [7, 11) is 0. The zero-order chi connectivity index (χ0) is 11.2. The predicted octanol–water partition coefficient (Wildman–Crippen LogP) is 1.69. The van der Waals surface area contributed by atoms with Crippen molar-refractivity contribution >= 4 is 11.1 Å². The summed E-state index contributed by atoms with van der Waals surface area (Å²) in [6.07, 6.45) is 3.32. The van der Waals surface area contributed by atoms with E-state index in [0.717, 1.165) is 37.0 Å². The molecular weight excluding hydrogens is 204 g/mol. The Hall–Kier alpha value is -1.39. The van der Waals surface area contributed by atoms with Crippen molar-refractivity contribution in [1.29, 1.82) is 0 Å². The number of nitrogens with one attached hydrogen (secondary N) is 1. The average molecular weight is 220 g/mol. The minimum atomic E-state index is 0.270. The molecule has 0 saturated carbocycles. The Morgan fingerprint density at radius 3 is 3.12 bits per heavy atom. The van der Waals surface area contributed by atoms with Gasteiger partial charge in [0.1, 0.15) is 5.52 Å². The largest absolute Gasteiger partial charge is 0.443 e. The molecule has 0 amide bonds. The molecule has 2 N–H and O–H groups in total. The fourth-order valence-electron chi connectivity index (χ4n) is 1.60. The van der Waals surface area contributed by atoms with Gasteiger partial charge in [-0.1, -0.05) is 6.07 Å². The van der Waals surface area contributed by atoms with Gasteiger partial charge in [-0.3, -0.25) is 0 Å². The molecule has 0 unspecified atom stereocenters. The van der Waals surface area contributed by atoms with Crippen molar-refractivity contribution in [2.75, 3.05) is 13.2 Å². The van der Waals surface area contributed by atoms with E-state index < -0.39 is 0 Å². The number of rotatable bonds is 6. The molecule has 0 aliphatic carbocycles. The average Bonchev–Trinajstić information content (AvgIpc) is 2.76. The first-order valence-corrected chi connectivity index (χ1v) is 5.54. The summed E-state index contributed by atoms with van der Waals surface area (Å²) >= 11 is 0. The SMILES string of the molecule is OCCCCNCc1ccc2ncoc2c1. The number of unbranched alkanes of at least 4 members (excludes halogenated alkanes) is 1. The summed E-state index contributed by atoms with van der Waals surface area (Å²) in [6, 6.07) is 6.01. The number of benzene rings is 1. The summed E-state index contributed by atoms with van der Waals surface area (Å²) in [6.45, 7) is 2.02. The van der Waals surface area contributed by atoms with Gasteiger partial charge in [-0.25, -0.2) is 4.98 Å². The number of hydrogen-bond donors (Lipinski definition) is 2. The van der Waals surface area contributed by atoms with E-state index in [2.05, 4.69) is 10.3 Å². The highest BCUT2D eigenvalue weighted by Gasteiger charge is 1.99. The van der Waals surface area contributed by atoms with E-state index in [9.17, 15) is 0 Å². The lowest BCUT2D eigenvalue weighted by Crippen LogP contribution is -2.14. The molecule has 1 aromatic carbocycles. The fourth-order valence-corrected chi connectivity index (χ4v) is 1.60. The van der Waals surface area contributed by atoms with Crippen molar-refractivity contribution in [3.63, 3.8) is 0 Å². The molecule has 0 spiro atoms. The number of oxazole rings is 1. The maximum Gasteiger partial charge on any atom is 0.181 e. The Bertz CT molecular complexity index is 439. The van der Waals surface area contributed by atoms with Crippen LogP contribution in [0.15, 0.2) is 29.0 Å². The van der Waals surface area contributed by atoms with Crippen LogP contribution in [0, 0.1) is 0 Å². The van der Waals surface area contributed by atoms with E-state index in [-0.39, 0.29) is 6.61 Å². The van der Waals surface area contributed by atoms with Crippen LogP contribution in [0.25, 0.3) is 11.1 Å². The molecule has 1 aromatic heterocycles. The third kappa shape index (κ3) is 2.81. The lowest BCUT2D eigenvalue weighted by Gasteiger charge is -2.03. The normalized spacial score (nSPS) is 11.1. The molecule has 0 bridgehead atoms. The maximum atomic E-state index is 8.63. The molecule has 0 aliphatic rings. The van der Waals surface area contributed by atoms with Gasteiger partial charge in [0.25, 0.3) is 0 Å². The number of fused-ring (bicyclic) bond motifs is 1. The number of nitrogens with zero attached hydrogens (tertiary/aromatic N) is 1. The van der Waals surface area contributed by atoms with Crippen LogP contribution >= 0.6 is 0 Å². The van der Waals surface area contributed by atoms with Crippen LogP contribution in [-0.2, 0) is 6.54 Å². The maximum absolute atomic E-state index is 8.63. The zero-order valence-corrected chi connectivity index (χ0v) is 9.15. The monoisotopic (exact) mass is 220 g/mol. The molecule has 0 aliphatic heterocycles. The van der Waals surface area contributed by atoms with Crippen molar-refractivity contribution in [2.45, 2.75) is 19.4 Å². The first kappa shape index (κ1) is 11.1. The van der Waals surface area contributed by atoms with Gasteiger partial charge in [0, 0.05) is 13.2 Å². The van der Waals surface area contributed by atoms with Crippen LogP contribution in [0.3, 0.4) is 0 Å². The molecule has 1 heterocycles. The Morgan fingerprint density at radius 2 is 2.25 bits per heavy atom. The van der Waals surface area contributed by atoms with Crippen LogP contribution in [0.5, 0.6) is 0 Å². The third-order valence-corrected chi connectivity index (χ3v) is 2.49. The Morgan fingerprint density at radius 1 is 1.31 bits per heavy atom. The van der Waals surface area contributed by atoms with Crippen molar-refractivity contribution in [3.8, 4) is 0 Å². The molecule has 0 atom stereocenters. The minimum absolute atomic E-state index is 0.270. The first-order valence-electron chi connectivity index (χ1n) is 5.54. The minimum Gasteiger partial charge on any atom is -0.443 e. The van der Waals surface area contributed by atoms with E-state index >= 15 is 0 Å². The van der Waals surface area contributed by atoms with E-state index in [1.54, 1.807) is 0 Å². The quantitative estimate of drug-likeness (QED) is 0.727. The summed E-state index contributed by atoms with van der Waals surface area (Å²) in [4.78, 5) is 4.07. The van der Waals surface area contributed by atoms with Crippen molar-refractivity contribution < 1.29 is 9.52 Å². The van der Waals surface area contributed by atoms with Crippen LogP contribution in [0.2, 0.25) is 0 Å². The van der Waals surface area contributed by atoms with Gasteiger partial charge in [0.2, 0.25) is 0 Å². The highest BCUT2D eigenvalue weighted by molar-refractivity contribution is 5.72. The van der Waals surface area contributed by atoms with Crippen LogP contribution < -0.4 is 5.32 Å². The summed E-state index contributed by atoms with van der Waals surface area (Å²) in [5, 5.41) is 12.0.